The smallest absolute Gasteiger partial charge is 0.456 e. The highest BCUT2D eigenvalue weighted by atomic mass is 35.5. The van der Waals surface area contributed by atoms with Gasteiger partial charge in [0.25, 0.3) is 0 Å². The molecule has 0 aliphatic carbocycles. The zero-order valence-electron chi connectivity index (χ0n) is 16.3. The van der Waals surface area contributed by atoms with E-state index in [9.17, 15) is 28.1 Å². The van der Waals surface area contributed by atoms with Gasteiger partial charge < -0.3 is 18.9 Å². The second kappa shape index (κ2) is 9.84. The molecule has 31 heavy (non-hydrogen) atoms. The van der Waals surface area contributed by atoms with Crippen LogP contribution >= 0.6 is 11.6 Å². The molecule has 0 spiro atoms. The minimum atomic E-state index is -4.57. The molecule has 0 aromatic heterocycles. The molecule has 2 aromatic rings. The topological polar surface area (TPSA) is 97.1 Å². The molecule has 0 N–H and O–H groups in total. The molecule has 0 radical (unpaired) electrons. The molecule has 0 saturated heterocycles. The number of nitrogens with zero attached hydrogens (tertiary/aromatic N) is 1. The Labute approximate surface area is 179 Å². The van der Waals surface area contributed by atoms with Gasteiger partial charge in [0.15, 0.2) is 0 Å². The maximum Gasteiger partial charge on any atom is 0.458 e. The molecule has 1 atom stereocenters. The molecule has 0 bridgehead atoms. The lowest BCUT2D eigenvalue weighted by molar-refractivity contribution is -0.594. The Kier molecular flexibility index (Phi) is 7.69. The van der Waals surface area contributed by atoms with Crippen molar-refractivity contribution in [2.75, 3.05) is 20.3 Å². The number of ether oxygens (including phenoxy) is 4. The van der Waals surface area contributed by atoms with Gasteiger partial charge in [-0.25, -0.2) is 4.79 Å². The Hall–Kier alpha value is -3.05. The van der Waals surface area contributed by atoms with Gasteiger partial charge in [0.2, 0.25) is 0 Å². The first-order chi connectivity index (χ1) is 14.5. The number of carbonyl (C=O) groups is 1. The molecule has 1 unspecified atom stereocenters. The van der Waals surface area contributed by atoms with Crippen molar-refractivity contribution in [3.05, 3.63) is 63.2 Å². The summed E-state index contributed by atoms with van der Waals surface area (Å²) < 4.78 is 58.5. The second-order valence-electron chi connectivity index (χ2n) is 6.19. The van der Waals surface area contributed by atoms with E-state index >= 15 is 0 Å². The quantitative estimate of drug-likeness (QED) is 0.174. The van der Waals surface area contributed by atoms with Crippen LogP contribution in [-0.4, -0.2) is 36.9 Å². The number of rotatable bonds is 9. The number of nitro groups is 1. The first-order valence-corrected chi connectivity index (χ1v) is 8.99. The van der Waals surface area contributed by atoms with E-state index in [1.165, 1.54) is 31.4 Å². The van der Waals surface area contributed by atoms with Gasteiger partial charge in [0.05, 0.1) is 29.0 Å². The van der Waals surface area contributed by atoms with E-state index in [0.29, 0.717) is 6.07 Å². The van der Waals surface area contributed by atoms with E-state index in [1.807, 2.05) is 0 Å². The summed E-state index contributed by atoms with van der Waals surface area (Å²) in [4.78, 5) is 22.6. The molecule has 0 heterocycles. The molecule has 8 nitrogen and oxygen atoms in total. The van der Waals surface area contributed by atoms with Gasteiger partial charge in [-0.05, 0) is 30.3 Å². The number of hydrogen-bond acceptors (Lipinski definition) is 7. The molecule has 0 amide bonds. The summed E-state index contributed by atoms with van der Waals surface area (Å²) in [7, 11) is 1.37. The molecule has 168 valence electrons. The number of halogens is 4. The normalized spacial score (nSPS) is 13.2. The van der Waals surface area contributed by atoms with E-state index in [2.05, 4.69) is 0 Å². The Morgan fingerprint density at radius 3 is 2.39 bits per heavy atom. The monoisotopic (exact) mass is 463 g/mol. The minimum absolute atomic E-state index is 0.0384. The molecule has 12 heteroatoms. The first-order valence-electron chi connectivity index (χ1n) is 8.61. The minimum Gasteiger partial charge on any atom is -0.456 e. The fraction of sp³-hybridized carbons (Fsp3) is 0.316. The third-order valence-electron chi connectivity index (χ3n) is 3.86. The highest BCUT2D eigenvalue weighted by Gasteiger charge is 2.51. The summed E-state index contributed by atoms with van der Waals surface area (Å²) in [6.07, 6.45) is -4.57. The number of esters is 1. The van der Waals surface area contributed by atoms with Crippen molar-refractivity contribution in [3.8, 4) is 17.2 Å². The van der Waals surface area contributed by atoms with Crippen molar-refractivity contribution in [3.63, 3.8) is 0 Å². The van der Waals surface area contributed by atoms with E-state index in [4.69, 9.17) is 30.5 Å². The van der Waals surface area contributed by atoms with Gasteiger partial charge in [0, 0.05) is 13.2 Å². The van der Waals surface area contributed by atoms with Crippen LogP contribution in [0.1, 0.15) is 12.5 Å². The van der Waals surface area contributed by atoms with Crippen LogP contribution in [0.2, 0.25) is 5.02 Å². The van der Waals surface area contributed by atoms with Crippen molar-refractivity contribution in [2.24, 2.45) is 0 Å². The van der Waals surface area contributed by atoms with Crippen LogP contribution in [0.3, 0.4) is 0 Å². The van der Waals surface area contributed by atoms with Crippen molar-refractivity contribution in [1.29, 1.82) is 0 Å². The van der Waals surface area contributed by atoms with E-state index in [-0.39, 0.29) is 35.5 Å². The molecule has 0 aliphatic rings. The second-order valence-corrected chi connectivity index (χ2v) is 6.60. The highest BCUT2D eigenvalue weighted by Crippen LogP contribution is 2.37. The number of methoxy groups -OCH3 is 1. The number of alkyl halides is 3. The average molecular weight is 464 g/mol. The van der Waals surface area contributed by atoms with Gasteiger partial charge >= 0.3 is 17.9 Å². The Morgan fingerprint density at radius 2 is 1.81 bits per heavy atom. The summed E-state index contributed by atoms with van der Waals surface area (Å²) >= 11 is 5.86. The molecular weight excluding hydrogens is 447 g/mol. The molecule has 0 fully saturated rings. The predicted molar refractivity (Wildman–Crippen MR) is 102 cm³/mol. The largest absolute Gasteiger partial charge is 0.458 e. The lowest BCUT2D eigenvalue weighted by atomic mass is 10.2. The maximum atomic E-state index is 12.7. The summed E-state index contributed by atoms with van der Waals surface area (Å²) in [6.45, 7) is 0.747. The lowest BCUT2D eigenvalue weighted by Gasteiger charge is -2.20. The highest BCUT2D eigenvalue weighted by molar-refractivity contribution is 6.32. The summed E-state index contributed by atoms with van der Waals surface area (Å²) in [5, 5.41) is 11.1. The van der Waals surface area contributed by atoms with Crippen LogP contribution in [0, 0.1) is 10.1 Å². The van der Waals surface area contributed by atoms with Crippen molar-refractivity contribution >= 4 is 17.6 Å². The fourth-order valence-corrected chi connectivity index (χ4v) is 2.44. The fourth-order valence-electron chi connectivity index (χ4n) is 2.22. The Morgan fingerprint density at radius 1 is 1.13 bits per heavy atom. The summed E-state index contributed by atoms with van der Waals surface area (Å²) in [5.41, 5.74) is -3.51. The van der Waals surface area contributed by atoms with Gasteiger partial charge in [0.1, 0.15) is 23.9 Å². The molecular formula is C19H17ClF3NO7. The van der Waals surface area contributed by atoms with Crippen LogP contribution in [-0.2, 0) is 20.4 Å². The van der Waals surface area contributed by atoms with Crippen LogP contribution in [0.15, 0.2) is 42.5 Å². The first kappa shape index (κ1) is 24.2. The maximum absolute atomic E-state index is 12.7. The SMILES string of the molecule is COCCOC(=O)C(C)(Oc1cccc(Oc2ccc(C(F)(F)F)cc2Cl)c1)[N+](=O)[O-]. The number of carbonyl (C=O) groups excluding carboxylic acids is 1. The average Bonchev–Trinajstić information content (AvgIpc) is 2.69. The third kappa shape index (κ3) is 6.22. The van der Waals surface area contributed by atoms with Crippen molar-refractivity contribution in [2.45, 2.75) is 18.8 Å². The van der Waals surface area contributed by atoms with Gasteiger partial charge in [-0.2, -0.15) is 13.2 Å². The molecule has 0 aliphatic heterocycles. The number of benzene rings is 2. The summed E-state index contributed by atoms with van der Waals surface area (Å²) in [6, 6.07) is 7.88. The van der Waals surface area contributed by atoms with Crippen molar-refractivity contribution in [1.82, 2.24) is 0 Å². The zero-order valence-corrected chi connectivity index (χ0v) is 17.0. The standard InChI is InChI=1S/C19H17ClF3NO7/c1-18(24(26)27,17(25)29-9-8-28-2)31-14-5-3-4-13(11-14)30-16-7-6-12(10-15(16)20)19(21,22)23/h3-7,10-11H,8-9H2,1-2H3. The van der Waals surface area contributed by atoms with Crippen LogP contribution in [0.5, 0.6) is 17.2 Å². The molecule has 0 saturated carbocycles. The van der Waals surface area contributed by atoms with Gasteiger partial charge in [-0.15, -0.1) is 0 Å². The lowest BCUT2D eigenvalue weighted by Crippen LogP contribution is -2.50. The van der Waals surface area contributed by atoms with Crippen molar-refractivity contribution < 1.29 is 41.8 Å². The molecule has 2 rings (SSSR count). The van der Waals surface area contributed by atoms with Gasteiger partial charge in [-0.3, -0.25) is 10.1 Å². The zero-order chi connectivity index (χ0) is 23.2. The third-order valence-corrected chi connectivity index (χ3v) is 4.15. The van der Waals surface area contributed by atoms with E-state index in [1.54, 1.807) is 0 Å². The van der Waals surface area contributed by atoms with Crippen LogP contribution in [0.4, 0.5) is 13.2 Å². The summed E-state index contributed by atoms with van der Waals surface area (Å²) in [5.74, 6) is -1.39. The van der Waals surface area contributed by atoms with Crippen LogP contribution < -0.4 is 9.47 Å². The van der Waals surface area contributed by atoms with E-state index < -0.39 is 28.4 Å². The Balaban J connectivity index is 2.21. The van der Waals surface area contributed by atoms with E-state index in [0.717, 1.165) is 19.1 Å². The predicted octanol–water partition coefficient (Wildman–Crippen LogP) is 4.71. The van der Waals surface area contributed by atoms with Gasteiger partial charge in [-0.1, -0.05) is 17.7 Å². The molecule has 2 aromatic carbocycles. The number of hydrogen-bond donors (Lipinski definition) is 0. The Bertz CT molecular complexity index is 954. The van der Waals surface area contributed by atoms with Crippen LogP contribution in [0.25, 0.3) is 0 Å².